The summed E-state index contributed by atoms with van der Waals surface area (Å²) in [6.07, 6.45) is 0. The highest BCUT2D eigenvalue weighted by molar-refractivity contribution is 6.27. The van der Waals surface area contributed by atoms with Gasteiger partial charge in [-0.2, -0.15) is 0 Å². The lowest BCUT2D eigenvalue weighted by molar-refractivity contribution is 0.996. The van der Waals surface area contributed by atoms with Crippen molar-refractivity contribution < 1.29 is 0 Å². The third-order valence-corrected chi connectivity index (χ3v) is 16.9. The van der Waals surface area contributed by atoms with E-state index in [0.29, 0.717) is 5.95 Å². The number of hydrogen-bond donors (Lipinski definition) is 0. The Morgan fingerprint density at radius 3 is 1.01 bits per heavy atom. The molecule has 0 saturated heterocycles. The van der Waals surface area contributed by atoms with E-state index in [1.807, 2.05) is 0 Å². The minimum absolute atomic E-state index is 0.619. The molecule has 17 aromatic rings. The van der Waals surface area contributed by atoms with E-state index in [4.69, 9.17) is 9.97 Å². The molecule has 0 saturated carbocycles. The molecule has 17 rings (SSSR count). The summed E-state index contributed by atoms with van der Waals surface area (Å²) < 4.78 is 4.68. The molecule has 14 aromatic carbocycles. The van der Waals surface area contributed by atoms with E-state index in [-0.39, 0.29) is 0 Å². The Kier molecular flexibility index (Phi) is 9.68. The third kappa shape index (κ3) is 6.76. The van der Waals surface area contributed by atoms with Gasteiger partial charge in [-0.05, 0) is 154 Å². The Morgan fingerprint density at radius 2 is 0.525 bits per heavy atom. The Hall–Kier alpha value is -10.7. The van der Waals surface area contributed by atoms with Crippen molar-refractivity contribution >= 4 is 108 Å². The summed E-state index contributed by atoms with van der Waals surface area (Å²) in [6.45, 7) is 0. The summed E-state index contributed by atoms with van der Waals surface area (Å²) in [7, 11) is 0. The molecule has 3 aromatic heterocycles. The van der Waals surface area contributed by atoms with Crippen LogP contribution >= 0.6 is 0 Å². The summed E-state index contributed by atoms with van der Waals surface area (Å²) >= 11 is 0. The predicted octanol–water partition coefficient (Wildman–Crippen LogP) is 20.3. The summed E-state index contributed by atoms with van der Waals surface area (Å²) in [5, 5.41) is 19.5. The molecule has 0 bridgehead atoms. The van der Waals surface area contributed by atoms with E-state index < -0.39 is 0 Å². The van der Waals surface area contributed by atoms with Gasteiger partial charge in [0, 0.05) is 38.4 Å². The average molecular weight is 1020 g/mol. The molecule has 0 spiro atoms. The van der Waals surface area contributed by atoms with Crippen LogP contribution in [-0.2, 0) is 0 Å². The number of aromatic nitrogens is 4. The Labute approximate surface area is 460 Å². The van der Waals surface area contributed by atoms with Crippen molar-refractivity contribution in [2.75, 3.05) is 0 Å². The number of rotatable bonds is 6. The molecule has 0 aliphatic carbocycles. The second-order valence-electron chi connectivity index (χ2n) is 21.2. The summed E-state index contributed by atoms with van der Waals surface area (Å²) in [5.74, 6) is 0.619. The molecule has 0 atom stereocenters. The fourth-order valence-electron chi connectivity index (χ4n) is 13.2. The van der Waals surface area contributed by atoms with Crippen molar-refractivity contribution in [3.8, 4) is 56.4 Å². The summed E-state index contributed by atoms with van der Waals surface area (Å²) in [4.78, 5) is 11.2. The van der Waals surface area contributed by atoms with Crippen molar-refractivity contribution in [3.63, 3.8) is 0 Å². The highest BCUT2D eigenvalue weighted by Gasteiger charge is 2.21. The minimum atomic E-state index is 0.619. The van der Waals surface area contributed by atoms with Crippen molar-refractivity contribution in [1.82, 2.24) is 19.1 Å². The minimum Gasteiger partial charge on any atom is -0.309 e. The first-order valence-electron chi connectivity index (χ1n) is 27.5. The molecule has 0 aliphatic heterocycles. The van der Waals surface area contributed by atoms with Gasteiger partial charge in [0.05, 0.1) is 33.5 Å². The van der Waals surface area contributed by atoms with Gasteiger partial charge in [0.1, 0.15) is 0 Å². The van der Waals surface area contributed by atoms with E-state index in [2.05, 4.69) is 288 Å². The molecular formula is C76H46N4. The Bertz CT molecular complexity index is 5190. The van der Waals surface area contributed by atoms with Crippen LogP contribution in [0.15, 0.2) is 279 Å². The fourth-order valence-corrected chi connectivity index (χ4v) is 13.2. The number of hydrogen-bond acceptors (Lipinski definition) is 2. The van der Waals surface area contributed by atoms with E-state index in [1.165, 1.54) is 97.6 Å². The molecule has 0 amide bonds. The number of nitrogens with zero attached hydrogens (tertiary/aromatic N) is 4. The smallest absolute Gasteiger partial charge is 0.235 e. The second-order valence-corrected chi connectivity index (χ2v) is 21.2. The average Bonchev–Trinajstić information content (AvgIpc) is 4.10. The van der Waals surface area contributed by atoms with Crippen LogP contribution in [0, 0.1) is 0 Å². The van der Waals surface area contributed by atoms with Crippen LogP contribution in [0.3, 0.4) is 0 Å². The standard InChI is InChI=1S/C76H46N4/c1-2-17-47(18-3-1)48-19-16-20-53(41-48)79-72-31-14-12-29-64(72)68-42-49(35-39-74(68)79)50-36-40-75-69(43-50)65-30-13-15-32-73(65)80(75)76-77-70(51-33-37-62-58-25-6-4-21-54(58)56-23-8-10-27-60(56)66(62)44-51)46-71(78-76)52-34-38-63-59-26-7-5-22-55(59)57-24-9-11-28-61(57)67(63)45-52/h1-46H. The topological polar surface area (TPSA) is 35.6 Å². The first-order valence-corrected chi connectivity index (χ1v) is 27.5. The van der Waals surface area contributed by atoms with Crippen LogP contribution in [0.5, 0.6) is 0 Å². The maximum Gasteiger partial charge on any atom is 0.235 e. The molecule has 0 aliphatic rings. The molecule has 3 heterocycles. The predicted molar refractivity (Wildman–Crippen MR) is 337 cm³/mol. The van der Waals surface area contributed by atoms with Crippen LogP contribution in [0.2, 0.25) is 0 Å². The van der Waals surface area contributed by atoms with Crippen molar-refractivity contribution in [3.05, 3.63) is 279 Å². The van der Waals surface area contributed by atoms with Crippen LogP contribution in [0.25, 0.3) is 165 Å². The Morgan fingerprint density at radius 1 is 0.188 bits per heavy atom. The van der Waals surface area contributed by atoms with Gasteiger partial charge in [-0.3, -0.25) is 4.57 Å². The van der Waals surface area contributed by atoms with Gasteiger partial charge in [0.15, 0.2) is 0 Å². The lowest BCUT2D eigenvalue weighted by Crippen LogP contribution is -2.04. The van der Waals surface area contributed by atoms with Crippen molar-refractivity contribution in [1.29, 1.82) is 0 Å². The van der Waals surface area contributed by atoms with E-state index in [1.54, 1.807) is 0 Å². The van der Waals surface area contributed by atoms with Gasteiger partial charge in [-0.25, -0.2) is 9.97 Å². The van der Waals surface area contributed by atoms with Crippen molar-refractivity contribution in [2.45, 2.75) is 0 Å². The lowest BCUT2D eigenvalue weighted by Gasteiger charge is -2.15. The second kappa shape index (κ2) is 17.4. The maximum atomic E-state index is 5.62. The van der Waals surface area contributed by atoms with Gasteiger partial charge in [-0.1, -0.05) is 212 Å². The van der Waals surface area contributed by atoms with Crippen LogP contribution < -0.4 is 0 Å². The van der Waals surface area contributed by atoms with Gasteiger partial charge in [-0.15, -0.1) is 0 Å². The molecule has 0 unspecified atom stereocenters. The van der Waals surface area contributed by atoms with Crippen LogP contribution in [0.1, 0.15) is 0 Å². The van der Waals surface area contributed by atoms with Crippen molar-refractivity contribution in [2.24, 2.45) is 0 Å². The quantitative estimate of drug-likeness (QED) is 0.156. The normalized spacial score (nSPS) is 12.0. The zero-order chi connectivity index (χ0) is 52.4. The maximum absolute atomic E-state index is 5.62. The first-order chi connectivity index (χ1) is 39.7. The number of fused-ring (bicyclic) bond motifs is 18. The van der Waals surface area contributed by atoms with Gasteiger partial charge < -0.3 is 4.57 Å². The number of benzene rings is 14. The lowest BCUT2D eigenvalue weighted by atomic mass is 9.92. The first kappa shape index (κ1) is 44.4. The van der Waals surface area contributed by atoms with Crippen LogP contribution in [-0.4, -0.2) is 19.1 Å². The molecule has 0 N–H and O–H groups in total. The zero-order valence-corrected chi connectivity index (χ0v) is 43.3. The van der Waals surface area contributed by atoms with E-state index >= 15 is 0 Å². The molecule has 4 nitrogen and oxygen atoms in total. The molecular weight excluding hydrogens is 969 g/mol. The SMILES string of the molecule is c1ccc(-c2cccc(-n3c4ccccc4c4cc(-c5ccc6c(c5)c5ccccc5n6-c5nc(-c6ccc7c8ccccc8c8ccccc8c7c6)cc(-c6ccc7c8ccccc8c8ccccc8c7c6)n5)ccc43)c2)cc1. The fraction of sp³-hybridized carbons (Fsp3) is 0. The molecule has 0 radical (unpaired) electrons. The monoisotopic (exact) mass is 1010 g/mol. The number of para-hydroxylation sites is 2. The molecule has 370 valence electrons. The van der Waals surface area contributed by atoms with Gasteiger partial charge >= 0.3 is 0 Å². The molecule has 0 fully saturated rings. The van der Waals surface area contributed by atoms with Gasteiger partial charge in [0.2, 0.25) is 5.95 Å². The summed E-state index contributed by atoms with van der Waals surface area (Å²) in [6, 6.07) is 102. The Balaban J connectivity index is 0.861. The van der Waals surface area contributed by atoms with E-state index in [0.717, 1.165) is 61.1 Å². The zero-order valence-electron chi connectivity index (χ0n) is 43.3. The molecule has 4 heteroatoms. The van der Waals surface area contributed by atoms with Gasteiger partial charge in [0.25, 0.3) is 0 Å². The molecule has 80 heavy (non-hydrogen) atoms. The summed E-state index contributed by atoms with van der Waals surface area (Å²) in [5.41, 5.74) is 14.1. The highest BCUT2D eigenvalue weighted by atomic mass is 15.2. The van der Waals surface area contributed by atoms with Crippen LogP contribution in [0.4, 0.5) is 0 Å². The largest absolute Gasteiger partial charge is 0.309 e. The van der Waals surface area contributed by atoms with E-state index in [9.17, 15) is 0 Å². The third-order valence-electron chi connectivity index (χ3n) is 16.9. The highest BCUT2D eigenvalue weighted by Crippen LogP contribution is 2.43.